The molecule has 0 bridgehead atoms. The Morgan fingerprint density at radius 1 is 0.941 bits per heavy atom. The van der Waals surface area contributed by atoms with Gasteiger partial charge in [-0.05, 0) is 55.8 Å². The van der Waals surface area contributed by atoms with Crippen molar-refractivity contribution >= 4 is 16.9 Å². The number of hydrogen-bond acceptors (Lipinski definition) is 7. The Labute approximate surface area is 196 Å². The van der Waals surface area contributed by atoms with Crippen molar-refractivity contribution in [3.05, 3.63) is 93.8 Å². The highest BCUT2D eigenvalue weighted by Gasteiger charge is 2.16. The molecule has 0 saturated carbocycles. The summed E-state index contributed by atoms with van der Waals surface area (Å²) in [6.07, 6.45) is 0. The summed E-state index contributed by atoms with van der Waals surface area (Å²) in [4.78, 5) is 24.7. The average molecular weight is 460 g/mol. The first-order valence-electron chi connectivity index (χ1n) is 10.8. The van der Waals surface area contributed by atoms with Crippen molar-refractivity contribution in [2.24, 2.45) is 0 Å². The molecule has 1 aromatic heterocycles. The summed E-state index contributed by atoms with van der Waals surface area (Å²) < 4.78 is 27.9. The zero-order valence-corrected chi connectivity index (χ0v) is 19.1. The second-order valence-electron chi connectivity index (χ2n) is 7.43. The molecule has 0 aliphatic carbocycles. The van der Waals surface area contributed by atoms with Crippen LogP contribution in [0.1, 0.15) is 28.6 Å². The average Bonchev–Trinajstić information content (AvgIpc) is 2.86. The first-order valence-corrected chi connectivity index (χ1v) is 10.8. The number of para-hydroxylation sites is 2. The summed E-state index contributed by atoms with van der Waals surface area (Å²) in [5, 5.41) is 0.379. The van der Waals surface area contributed by atoms with E-state index >= 15 is 0 Å². The monoisotopic (exact) mass is 460 g/mol. The number of rotatable bonds is 8. The molecule has 0 spiro atoms. The Bertz CT molecular complexity index is 1370. The first-order chi connectivity index (χ1) is 16.5. The third-order valence-electron chi connectivity index (χ3n) is 5.13. The molecule has 0 saturated heterocycles. The minimum Gasteiger partial charge on any atom is -0.490 e. The van der Waals surface area contributed by atoms with Gasteiger partial charge in [0.05, 0.1) is 24.7 Å². The molecule has 3 aromatic carbocycles. The van der Waals surface area contributed by atoms with Gasteiger partial charge in [-0.25, -0.2) is 4.79 Å². The standard InChI is InChI=1S/C27H24O7/c1-4-31-22-7-5-6-8-23(22)34-26-17(2)33-24-15-20(13-14-21(24)25(26)28)32-16-18-9-11-19(12-10-18)27(29)30-3/h5-15H,4,16H2,1-3H3. The normalized spacial score (nSPS) is 10.7. The number of carbonyl (C=O) groups excluding carboxylic acids is 1. The first kappa shape index (κ1) is 22.9. The predicted octanol–water partition coefficient (Wildman–Crippen LogP) is 5.66. The van der Waals surface area contributed by atoms with E-state index in [0.717, 1.165) is 5.56 Å². The second kappa shape index (κ2) is 10.1. The molecule has 34 heavy (non-hydrogen) atoms. The van der Waals surface area contributed by atoms with Gasteiger partial charge in [-0.3, -0.25) is 4.79 Å². The van der Waals surface area contributed by atoms with Crippen LogP contribution in [-0.4, -0.2) is 19.7 Å². The molecule has 0 N–H and O–H groups in total. The number of fused-ring (bicyclic) bond motifs is 1. The predicted molar refractivity (Wildman–Crippen MR) is 127 cm³/mol. The van der Waals surface area contributed by atoms with E-state index in [1.807, 2.05) is 19.1 Å². The van der Waals surface area contributed by atoms with Gasteiger partial charge in [0.25, 0.3) is 0 Å². The van der Waals surface area contributed by atoms with Crippen molar-refractivity contribution in [3.63, 3.8) is 0 Å². The Hall–Kier alpha value is -4.26. The zero-order valence-electron chi connectivity index (χ0n) is 19.1. The maximum atomic E-state index is 13.1. The minimum atomic E-state index is -0.392. The number of ether oxygens (including phenoxy) is 4. The van der Waals surface area contributed by atoms with Crippen LogP contribution >= 0.6 is 0 Å². The Morgan fingerprint density at radius 2 is 1.68 bits per heavy atom. The summed E-state index contributed by atoms with van der Waals surface area (Å²) >= 11 is 0. The van der Waals surface area contributed by atoms with Crippen molar-refractivity contribution in [3.8, 4) is 23.0 Å². The lowest BCUT2D eigenvalue weighted by molar-refractivity contribution is 0.0600. The lowest BCUT2D eigenvalue weighted by Gasteiger charge is -2.13. The van der Waals surface area contributed by atoms with E-state index in [-0.39, 0.29) is 17.8 Å². The number of esters is 1. The molecule has 0 radical (unpaired) electrons. The van der Waals surface area contributed by atoms with E-state index < -0.39 is 5.97 Å². The van der Waals surface area contributed by atoms with Crippen molar-refractivity contribution in [1.82, 2.24) is 0 Å². The van der Waals surface area contributed by atoms with Crippen LogP contribution in [0, 0.1) is 6.92 Å². The summed E-state index contributed by atoms with van der Waals surface area (Å²) in [6, 6.07) is 19.1. The number of hydrogen-bond donors (Lipinski definition) is 0. The smallest absolute Gasteiger partial charge is 0.337 e. The molecule has 0 aliphatic heterocycles. The number of benzene rings is 3. The maximum Gasteiger partial charge on any atom is 0.337 e. The van der Waals surface area contributed by atoms with Gasteiger partial charge in [-0.15, -0.1) is 0 Å². The summed E-state index contributed by atoms with van der Waals surface area (Å²) in [7, 11) is 1.34. The van der Waals surface area contributed by atoms with Gasteiger partial charge >= 0.3 is 5.97 Å². The summed E-state index contributed by atoms with van der Waals surface area (Å²) in [5.74, 6) is 1.60. The van der Waals surface area contributed by atoms with E-state index in [9.17, 15) is 9.59 Å². The van der Waals surface area contributed by atoms with Crippen molar-refractivity contribution in [2.75, 3.05) is 13.7 Å². The Balaban J connectivity index is 1.55. The zero-order chi connectivity index (χ0) is 24.1. The van der Waals surface area contributed by atoms with Gasteiger partial charge in [0.15, 0.2) is 11.5 Å². The molecule has 0 aliphatic rings. The third-order valence-corrected chi connectivity index (χ3v) is 5.13. The quantitative estimate of drug-likeness (QED) is 0.314. The van der Waals surface area contributed by atoms with E-state index in [2.05, 4.69) is 0 Å². The van der Waals surface area contributed by atoms with Crippen LogP contribution in [0.3, 0.4) is 0 Å². The van der Waals surface area contributed by atoms with Crippen molar-refractivity contribution in [1.29, 1.82) is 0 Å². The molecule has 4 rings (SSSR count). The molecule has 1 heterocycles. The molecular formula is C27H24O7. The van der Waals surface area contributed by atoms with E-state index in [4.69, 9.17) is 23.4 Å². The highest BCUT2D eigenvalue weighted by Crippen LogP contribution is 2.33. The van der Waals surface area contributed by atoms with Crippen LogP contribution in [0.4, 0.5) is 0 Å². The van der Waals surface area contributed by atoms with E-state index in [0.29, 0.717) is 46.1 Å². The maximum absolute atomic E-state index is 13.1. The van der Waals surface area contributed by atoms with Gasteiger partial charge in [0.1, 0.15) is 23.7 Å². The minimum absolute atomic E-state index is 0.110. The van der Waals surface area contributed by atoms with Crippen molar-refractivity contribution < 1.29 is 28.2 Å². The van der Waals surface area contributed by atoms with E-state index in [1.165, 1.54) is 7.11 Å². The molecule has 0 fully saturated rings. The topological polar surface area (TPSA) is 84.2 Å². The summed E-state index contributed by atoms with van der Waals surface area (Å²) in [5.41, 5.74) is 1.46. The van der Waals surface area contributed by atoms with Gasteiger partial charge in [0.2, 0.25) is 11.2 Å². The van der Waals surface area contributed by atoms with Gasteiger partial charge in [-0.2, -0.15) is 0 Å². The van der Waals surface area contributed by atoms with Crippen LogP contribution in [-0.2, 0) is 11.3 Å². The molecule has 0 unspecified atom stereocenters. The molecule has 0 amide bonds. The number of methoxy groups -OCH3 is 1. The van der Waals surface area contributed by atoms with Crippen LogP contribution in [0.15, 0.2) is 75.9 Å². The second-order valence-corrected chi connectivity index (χ2v) is 7.43. The fourth-order valence-electron chi connectivity index (χ4n) is 3.42. The number of carbonyl (C=O) groups is 1. The fraction of sp³-hybridized carbons (Fsp3) is 0.185. The fourth-order valence-corrected chi connectivity index (χ4v) is 3.42. The van der Waals surface area contributed by atoms with Crippen LogP contribution in [0.25, 0.3) is 11.0 Å². The SMILES string of the molecule is CCOc1ccccc1Oc1c(C)oc2cc(OCc3ccc(C(=O)OC)cc3)ccc2c1=O. The van der Waals surface area contributed by atoms with Gasteiger partial charge in [0, 0.05) is 6.07 Å². The van der Waals surface area contributed by atoms with Gasteiger partial charge in [-0.1, -0.05) is 24.3 Å². The van der Waals surface area contributed by atoms with E-state index in [1.54, 1.807) is 61.5 Å². The van der Waals surface area contributed by atoms with Crippen LogP contribution in [0.5, 0.6) is 23.0 Å². The highest BCUT2D eigenvalue weighted by molar-refractivity contribution is 5.89. The Morgan fingerprint density at radius 3 is 2.38 bits per heavy atom. The molecule has 0 atom stereocenters. The molecular weight excluding hydrogens is 436 g/mol. The molecule has 4 aromatic rings. The molecule has 174 valence electrons. The highest BCUT2D eigenvalue weighted by atomic mass is 16.5. The van der Waals surface area contributed by atoms with Crippen LogP contribution < -0.4 is 19.6 Å². The Kier molecular flexibility index (Phi) is 6.82. The lowest BCUT2D eigenvalue weighted by Crippen LogP contribution is -2.08. The molecule has 7 nitrogen and oxygen atoms in total. The van der Waals surface area contributed by atoms with Gasteiger partial charge < -0.3 is 23.4 Å². The summed E-state index contributed by atoms with van der Waals surface area (Å²) in [6.45, 7) is 4.31. The third kappa shape index (κ3) is 4.88. The van der Waals surface area contributed by atoms with Crippen LogP contribution in [0.2, 0.25) is 0 Å². The lowest BCUT2D eigenvalue weighted by atomic mass is 10.1. The number of aryl methyl sites for hydroxylation is 1. The molecule has 7 heteroatoms. The largest absolute Gasteiger partial charge is 0.490 e. The van der Waals surface area contributed by atoms with Crippen molar-refractivity contribution in [2.45, 2.75) is 20.5 Å².